The van der Waals surface area contributed by atoms with Crippen molar-refractivity contribution in [2.75, 3.05) is 19.5 Å². The van der Waals surface area contributed by atoms with Crippen molar-refractivity contribution >= 4 is 34.1 Å². The van der Waals surface area contributed by atoms with Gasteiger partial charge < -0.3 is 9.30 Å². The number of pyridine rings is 1. The standard InChI is InChI=1S/C23H26N4O2S/c1-15-12-22-24-25-23(27(22)20-9-6-5-8-18(15)20)30-14-21(28)19-13-16(2)26(17(19)3)10-7-11-29-4/h5-6,8-9,12-13H,7,10-11,14H2,1-4H3. The SMILES string of the molecule is COCCCn1c(C)cc(C(=O)CSc2nnc3cc(C)c4ccccc4n23)c1C. The molecule has 0 unspecified atom stereocenters. The minimum absolute atomic E-state index is 0.110. The van der Waals surface area contributed by atoms with Gasteiger partial charge in [0.1, 0.15) is 0 Å². The molecule has 0 aliphatic rings. The number of rotatable bonds is 8. The number of ether oxygens (including phenoxy) is 1. The fourth-order valence-corrected chi connectivity index (χ4v) is 4.81. The predicted octanol–water partition coefficient (Wildman–Crippen LogP) is 4.62. The number of fused-ring (bicyclic) bond motifs is 3. The van der Waals surface area contributed by atoms with Gasteiger partial charge in [-0.1, -0.05) is 30.0 Å². The maximum Gasteiger partial charge on any atom is 0.196 e. The third kappa shape index (κ3) is 3.75. The molecule has 0 spiro atoms. The van der Waals surface area contributed by atoms with Crippen LogP contribution in [-0.2, 0) is 11.3 Å². The lowest BCUT2D eigenvalue weighted by atomic mass is 10.1. The highest BCUT2D eigenvalue weighted by Gasteiger charge is 2.18. The summed E-state index contributed by atoms with van der Waals surface area (Å²) in [6.45, 7) is 7.70. The number of hydrogen-bond acceptors (Lipinski definition) is 5. The van der Waals surface area contributed by atoms with Gasteiger partial charge in [0, 0.05) is 42.6 Å². The van der Waals surface area contributed by atoms with Crippen LogP contribution in [-0.4, -0.2) is 44.4 Å². The van der Waals surface area contributed by atoms with Crippen molar-refractivity contribution in [3.63, 3.8) is 0 Å². The first-order valence-electron chi connectivity index (χ1n) is 10.1. The summed E-state index contributed by atoms with van der Waals surface area (Å²) < 4.78 is 9.38. The largest absolute Gasteiger partial charge is 0.385 e. The molecule has 0 saturated carbocycles. The quantitative estimate of drug-likeness (QED) is 0.236. The van der Waals surface area contributed by atoms with Crippen LogP contribution in [0.2, 0.25) is 0 Å². The van der Waals surface area contributed by atoms with Crippen LogP contribution in [0.5, 0.6) is 0 Å². The Labute approximate surface area is 180 Å². The number of para-hydroxylation sites is 1. The van der Waals surface area contributed by atoms with Crippen LogP contribution in [0, 0.1) is 20.8 Å². The van der Waals surface area contributed by atoms with Gasteiger partial charge in [-0.2, -0.15) is 0 Å². The number of aryl methyl sites for hydroxylation is 2. The molecular weight excluding hydrogens is 396 g/mol. The Bertz CT molecular complexity index is 1230. The average Bonchev–Trinajstić information content (AvgIpc) is 3.28. The molecular formula is C23H26N4O2S. The first-order valence-corrected chi connectivity index (χ1v) is 11.0. The smallest absolute Gasteiger partial charge is 0.196 e. The van der Waals surface area contributed by atoms with E-state index in [-0.39, 0.29) is 5.78 Å². The van der Waals surface area contributed by atoms with Gasteiger partial charge in [0.05, 0.1) is 11.3 Å². The van der Waals surface area contributed by atoms with E-state index in [1.54, 1.807) is 7.11 Å². The molecule has 0 aliphatic carbocycles. The molecule has 0 fully saturated rings. The zero-order chi connectivity index (χ0) is 21.3. The monoisotopic (exact) mass is 422 g/mol. The second-order valence-electron chi connectivity index (χ2n) is 7.52. The lowest BCUT2D eigenvalue weighted by Gasteiger charge is -2.09. The minimum atomic E-state index is 0.110. The van der Waals surface area contributed by atoms with Gasteiger partial charge in [0.2, 0.25) is 0 Å². The van der Waals surface area contributed by atoms with E-state index in [9.17, 15) is 4.79 Å². The normalized spacial score (nSPS) is 11.6. The number of hydrogen-bond donors (Lipinski definition) is 0. The Morgan fingerprint density at radius 3 is 2.73 bits per heavy atom. The molecule has 30 heavy (non-hydrogen) atoms. The van der Waals surface area contributed by atoms with Crippen LogP contribution < -0.4 is 0 Å². The molecule has 0 amide bonds. The molecule has 156 valence electrons. The van der Waals surface area contributed by atoms with Gasteiger partial charge in [-0.05, 0) is 51.0 Å². The van der Waals surface area contributed by atoms with Gasteiger partial charge in [0.25, 0.3) is 0 Å². The van der Waals surface area contributed by atoms with Crippen LogP contribution in [0.1, 0.15) is 33.7 Å². The van der Waals surface area contributed by atoms with Crippen LogP contribution in [0.3, 0.4) is 0 Å². The first-order chi connectivity index (χ1) is 14.5. The van der Waals surface area contributed by atoms with E-state index in [0.717, 1.165) is 51.6 Å². The van der Waals surface area contributed by atoms with Gasteiger partial charge in [-0.15, -0.1) is 10.2 Å². The van der Waals surface area contributed by atoms with Crippen LogP contribution in [0.4, 0.5) is 0 Å². The first kappa shape index (κ1) is 20.6. The van der Waals surface area contributed by atoms with E-state index in [1.165, 1.54) is 17.3 Å². The van der Waals surface area contributed by atoms with E-state index in [1.807, 2.05) is 42.5 Å². The number of thioether (sulfide) groups is 1. The molecule has 6 nitrogen and oxygen atoms in total. The number of Topliss-reactive ketones (excluding diaryl/α,β-unsaturated/α-hetero) is 1. The topological polar surface area (TPSA) is 61.4 Å². The predicted molar refractivity (Wildman–Crippen MR) is 121 cm³/mol. The van der Waals surface area contributed by atoms with Crippen molar-refractivity contribution in [2.45, 2.75) is 38.9 Å². The van der Waals surface area contributed by atoms with Gasteiger partial charge in [-0.25, -0.2) is 0 Å². The number of ketones is 1. The summed E-state index contributed by atoms with van der Waals surface area (Å²) >= 11 is 1.44. The number of aromatic nitrogens is 4. The summed E-state index contributed by atoms with van der Waals surface area (Å²) in [4.78, 5) is 13.0. The number of carbonyl (C=O) groups is 1. The fourth-order valence-electron chi connectivity index (χ4n) is 3.97. The van der Waals surface area contributed by atoms with Crippen molar-refractivity contribution in [2.24, 2.45) is 0 Å². The highest BCUT2D eigenvalue weighted by atomic mass is 32.2. The molecule has 4 aromatic rings. The van der Waals surface area contributed by atoms with Crippen molar-refractivity contribution in [3.05, 3.63) is 58.9 Å². The van der Waals surface area contributed by atoms with E-state index >= 15 is 0 Å². The molecule has 1 aromatic carbocycles. The van der Waals surface area contributed by atoms with Crippen molar-refractivity contribution in [1.29, 1.82) is 0 Å². The maximum atomic E-state index is 13.0. The zero-order valence-electron chi connectivity index (χ0n) is 17.8. The molecule has 0 atom stereocenters. The number of nitrogens with zero attached hydrogens (tertiary/aromatic N) is 4. The summed E-state index contributed by atoms with van der Waals surface area (Å²) in [6, 6.07) is 12.2. The molecule has 3 heterocycles. The van der Waals surface area contributed by atoms with Crippen LogP contribution in [0.15, 0.2) is 41.6 Å². The Morgan fingerprint density at radius 2 is 1.93 bits per heavy atom. The highest BCUT2D eigenvalue weighted by molar-refractivity contribution is 7.99. The lowest BCUT2D eigenvalue weighted by Crippen LogP contribution is -2.08. The molecule has 0 aliphatic heterocycles. The second kappa shape index (κ2) is 8.62. The molecule has 7 heteroatoms. The third-order valence-electron chi connectivity index (χ3n) is 5.51. The van der Waals surface area contributed by atoms with Crippen LogP contribution in [0.25, 0.3) is 16.6 Å². The highest BCUT2D eigenvalue weighted by Crippen LogP contribution is 2.27. The van der Waals surface area contributed by atoms with Gasteiger partial charge in [0.15, 0.2) is 16.6 Å². The molecule has 4 rings (SSSR count). The minimum Gasteiger partial charge on any atom is -0.385 e. The molecule has 3 aromatic heterocycles. The van der Waals surface area contributed by atoms with Gasteiger partial charge >= 0.3 is 0 Å². The summed E-state index contributed by atoms with van der Waals surface area (Å²) in [6.07, 6.45) is 0.924. The Kier molecular flexibility index (Phi) is 5.92. The van der Waals surface area contributed by atoms with Crippen LogP contribution >= 0.6 is 11.8 Å². The summed E-state index contributed by atoms with van der Waals surface area (Å²) in [5.41, 5.74) is 5.93. The van der Waals surface area contributed by atoms with Crippen molar-refractivity contribution < 1.29 is 9.53 Å². The zero-order valence-corrected chi connectivity index (χ0v) is 18.6. The summed E-state index contributed by atoms with van der Waals surface area (Å²) in [5, 5.41) is 10.6. The van der Waals surface area contributed by atoms with Gasteiger partial charge in [-0.3, -0.25) is 9.20 Å². The molecule has 0 N–H and O–H groups in total. The van der Waals surface area contributed by atoms with Crippen molar-refractivity contribution in [3.8, 4) is 0 Å². The fraction of sp³-hybridized carbons (Fsp3) is 0.348. The Hall–Kier alpha value is -2.64. The lowest BCUT2D eigenvalue weighted by molar-refractivity contribution is 0.102. The van der Waals surface area contributed by atoms with E-state index < -0.39 is 0 Å². The average molecular weight is 423 g/mol. The van der Waals surface area contributed by atoms with E-state index in [2.05, 4.69) is 33.8 Å². The summed E-state index contributed by atoms with van der Waals surface area (Å²) in [5.74, 6) is 0.435. The number of carbonyl (C=O) groups excluding carboxylic acids is 1. The summed E-state index contributed by atoms with van der Waals surface area (Å²) in [7, 11) is 1.71. The van der Waals surface area contributed by atoms with E-state index in [0.29, 0.717) is 12.4 Å². The maximum absolute atomic E-state index is 13.0. The second-order valence-corrected chi connectivity index (χ2v) is 8.46. The Morgan fingerprint density at radius 1 is 1.13 bits per heavy atom. The third-order valence-corrected chi connectivity index (χ3v) is 6.44. The van der Waals surface area contributed by atoms with E-state index in [4.69, 9.17) is 4.74 Å². The molecule has 0 radical (unpaired) electrons. The number of benzene rings is 1. The van der Waals surface area contributed by atoms with Crippen molar-refractivity contribution in [1.82, 2.24) is 19.2 Å². The molecule has 0 bridgehead atoms. The Balaban J connectivity index is 1.57. The number of methoxy groups -OCH3 is 1. The molecule has 0 saturated heterocycles.